The fourth-order valence-corrected chi connectivity index (χ4v) is 2.91. The number of benzene rings is 2. The van der Waals surface area contributed by atoms with Gasteiger partial charge in [0.2, 0.25) is 5.91 Å². The van der Waals surface area contributed by atoms with E-state index in [1.165, 1.54) is 0 Å². The lowest BCUT2D eigenvalue weighted by Gasteiger charge is -2.30. The first-order chi connectivity index (χ1) is 12.7. The smallest absolute Gasteiger partial charge is 0.243 e. The number of morpholine rings is 1. The number of amides is 1. The molecule has 0 bridgehead atoms. The van der Waals surface area contributed by atoms with Crippen molar-refractivity contribution in [3.05, 3.63) is 53.1 Å². The van der Waals surface area contributed by atoms with Gasteiger partial charge >= 0.3 is 0 Å². The van der Waals surface area contributed by atoms with Gasteiger partial charge in [-0.15, -0.1) is 0 Å². The molecule has 0 radical (unpaired) electrons. The highest BCUT2D eigenvalue weighted by atomic mass is 35.5. The molecule has 1 aliphatic heterocycles. The van der Waals surface area contributed by atoms with Crippen molar-refractivity contribution in [2.45, 2.75) is 0 Å². The lowest BCUT2D eigenvalue weighted by Crippen LogP contribution is -2.36. The van der Waals surface area contributed by atoms with Crippen LogP contribution in [0.1, 0.15) is 5.56 Å². The molecule has 6 nitrogen and oxygen atoms in total. The lowest BCUT2D eigenvalue weighted by molar-refractivity contribution is -0.114. The number of halogens is 1. The maximum Gasteiger partial charge on any atom is 0.243 e. The van der Waals surface area contributed by atoms with Gasteiger partial charge in [0.05, 0.1) is 42.8 Å². The molecule has 1 amide bonds. The fraction of sp³-hybridized carbons (Fsp3) is 0.263. The predicted octanol–water partition coefficient (Wildman–Crippen LogP) is 3.10. The van der Waals surface area contributed by atoms with Crippen LogP contribution in [0.4, 0.5) is 17.1 Å². The summed E-state index contributed by atoms with van der Waals surface area (Å²) in [6.07, 6.45) is 0. The molecule has 0 aromatic heterocycles. The van der Waals surface area contributed by atoms with Crippen molar-refractivity contribution in [2.24, 2.45) is 0 Å². The molecule has 0 aliphatic carbocycles. The van der Waals surface area contributed by atoms with Crippen molar-refractivity contribution in [3.63, 3.8) is 0 Å². The maximum atomic E-state index is 12.2. The second-order valence-electron chi connectivity index (χ2n) is 5.85. The second-order valence-corrected chi connectivity index (χ2v) is 6.29. The number of ether oxygens (including phenoxy) is 1. The van der Waals surface area contributed by atoms with Gasteiger partial charge in [-0.1, -0.05) is 11.6 Å². The zero-order chi connectivity index (χ0) is 18.4. The maximum absolute atomic E-state index is 12.2. The summed E-state index contributed by atoms with van der Waals surface area (Å²) in [5.74, 6) is -0.178. The normalized spacial score (nSPS) is 13.8. The third-order valence-electron chi connectivity index (χ3n) is 4.05. The van der Waals surface area contributed by atoms with Crippen LogP contribution in [0.15, 0.2) is 42.5 Å². The number of carbonyl (C=O) groups is 1. The topological polar surface area (TPSA) is 77.4 Å². The highest BCUT2D eigenvalue weighted by molar-refractivity contribution is 6.31. The molecule has 2 aromatic carbocycles. The number of nitrogens with one attached hydrogen (secondary N) is 2. The van der Waals surface area contributed by atoms with Gasteiger partial charge in [-0.3, -0.25) is 4.79 Å². The highest BCUT2D eigenvalue weighted by Crippen LogP contribution is 2.29. The van der Waals surface area contributed by atoms with E-state index in [1.54, 1.807) is 24.3 Å². The molecule has 2 N–H and O–H groups in total. The van der Waals surface area contributed by atoms with E-state index in [1.807, 2.05) is 24.3 Å². The Bertz CT molecular complexity index is 811. The standard InChI is InChI=1S/C19H19ClN4O2/c20-15-3-6-18(24-7-9-26-10-8-24)17(11-15)22-13-19(25)23-16-4-1-14(12-21)2-5-16/h1-6,11,22H,7-10,13H2,(H,23,25). The van der Waals surface area contributed by atoms with Crippen LogP contribution >= 0.6 is 11.6 Å². The van der Waals surface area contributed by atoms with Crippen molar-refractivity contribution in [2.75, 3.05) is 48.4 Å². The summed E-state index contributed by atoms with van der Waals surface area (Å²) in [6.45, 7) is 3.07. The number of rotatable bonds is 5. The van der Waals surface area contributed by atoms with Crippen LogP contribution in [-0.4, -0.2) is 38.8 Å². The third kappa shape index (κ3) is 4.66. The molecule has 1 fully saturated rings. The average molecular weight is 371 g/mol. The number of anilines is 3. The van der Waals surface area contributed by atoms with E-state index >= 15 is 0 Å². The molecule has 0 spiro atoms. The molecule has 7 heteroatoms. The van der Waals surface area contributed by atoms with Crippen molar-refractivity contribution in [1.82, 2.24) is 0 Å². The van der Waals surface area contributed by atoms with Gasteiger partial charge in [-0.05, 0) is 42.5 Å². The molecule has 26 heavy (non-hydrogen) atoms. The van der Waals surface area contributed by atoms with Gasteiger partial charge in [0.15, 0.2) is 0 Å². The zero-order valence-corrected chi connectivity index (χ0v) is 14.9. The van der Waals surface area contributed by atoms with Gasteiger partial charge in [-0.2, -0.15) is 5.26 Å². The lowest BCUT2D eigenvalue weighted by atomic mass is 10.2. The van der Waals surface area contributed by atoms with Crippen LogP contribution < -0.4 is 15.5 Å². The summed E-state index contributed by atoms with van der Waals surface area (Å²) in [5, 5.41) is 15.4. The Morgan fingerprint density at radius 3 is 2.62 bits per heavy atom. The minimum atomic E-state index is -0.178. The van der Waals surface area contributed by atoms with Crippen molar-refractivity contribution >= 4 is 34.6 Å². The van der Waals surface area contributed by atoms with Gasteiger partial charge in [0.25, 0.3) is 0 Å². The number of carbonyl (C=O) groups excluding carboxylic acids is 1. The van der Waals surface area contributed by atoms with Gasteiger partial charge in [0, 0.05) is 23.8 Å². The Morgan fingerprint density at radius 1 is 1.19 bits per heavy atom. The number of nitriles is 1. The molecule has 1 heterocycles. The Labute approximate surface area is 157 Å². The number of nitrogens with zero attached hydrogens (tertiary/aromatic N) is 2. The summed E-state index contributed by atoms with van der Waals surface area (Å²) in [4.78, 5) is 14.4. The highest BCUT2D eigenvalue weighted by Gasteiger charge is 2.15. The Morgan fingerprint density at radius 2 is 1.92 bits per heavy atom. The minimum Gasteiger partial charge on any atom is -0.378 e. The van der Waals surface area contributed by atoms with Crippen LogP contribution in [0, 0.1) is 11.3 Å². The van der Waals surface area contributed by atoms with Crippen LogP contribution in [0.25, 0.3) is 0 Å². The van der Waals surface area contributed by atoms with E-state index in [-0.39, 0.29) is 12.5 Å². The van der Waals surface area contributed by atoms with Crippen molar-refractivity contribution in [1.29, 1.82) is 5.26 Å². The zero-order valence-electron chi connectivity index (χ0n) is 14.2. The molecule has 0 atom stereocenters. The van der Waals surface area contributed by atoms with Crippen molar-refractivity contribution < 1.29 is 9.53 Å². The Kier molecular flexibility index (Phi) is 5.95. The van der Waals surface area contributed by atoms with E-state index in [4.69, 9.17) is 21.6 Å². The summed E-state index contributed by atoms with van der Waals surface area (Å²) in [6, 6.07) is 14.4. The molecule has 134 valence electrons. The molecule has 2 aromatic rings. The van der Waals surface area contributed by atoms with Crippen LogP contribution in [0.3, 0.4) is 0 Å². The van der Waals surface area contributed by atoms with Gasteiger partial charge in [-0.25, -0.2) is 0 Å². The van der Waals surface area contributed by atoms with Crippen LogP contribution in [0.5, 0.6) is 0 Å². The first kappa shape index (κ1) is 18.1. The minimum absolute atomic E-state index is 0.109. The van der Waals surface area contributed by atoms with E-state index in [2.05, 4.69) is 15.5 Å². The molecular formula is C19H19ClN4O2. The number of hydrogen-bond donors (Lipinski definition) is 2. The van der Waals surface area contributed by atoms with E-state index in [0.717, 1.165) is 24.5 Å². The Hall–Kier alpha value is -2.75. The monoisotopic (exact) mass is 370 g/mol. The predicted molar refractivity (Wildman–Crippen MR) is 103 cm³/mol. The molecule has 0 unspecified atom stereocenters. The number of hydrogen-bond acceptors (Lipinski definition) is 5. The van der Waals surface area contributed by atoms with Gasteiger partial charge in [0.1, 0.15) is 0 Å². The molecule has 1 saturated heterocycles. The second kappa shape index (κ2) is 8.56. The largest absolute Gasteiger partial charge is 0.378 e. The summed E-state index contributed by atoms with van der Waals surface area (Å²) >= 11 is 6.12. The summed E-state index contributed by atoms with van der Waals surface area (Å²) in [5.41, 5.74) is 3.02. The Balaban J connectivity index is 1.63. The first-order valence-corrected chi connectivity index (χ1v) is 8.69. The summed E-state index contributed by atoms with van der Waals surface area (Å²) < 4.78 is 5.39. The molecule has 1 aliphatic rings. The van der Waals surface area contributed by atoms with E-state index in [9.17, 15) is 4.79 Å². The SMILES string of the molecule is N#Cc1ccc(NC(=O)CNc2cc(Cl)ccc2N2CCOCC2)cc1. The van der Waals surface area contributed by atoms with Gasteiger partial charge < -0.3 is 20.3 Å². The molecule has 0 saturated carbocycles. The third-order valence-corrected chi connectivity index (χ3v) is 4.28. The fourth-order valence-electron chi connectivity index (χ4n) is 2.74. The van der Waals surface area contributed by atoms with Crippen LogP contribution in [0.2, 0.25) is 5.02 Å². The quantitative estimate of drug-likeness (QED) is 0.845. The summed E-state index contributed by atoms with van der Waals surface area (Å²) in [7, 11) is 0. The van der Waals surface area contributed by atoms with Crippen LogP contribution in [-0.2, 0) is 9.53 Å². The average Bonchev–Trinajstić information content (AvgIpc) is 2.68. The molecule has 3 rings (SSSR count). The van der Waals surface area contributed by atoms with E-state index in [0.29, 0.717) is 29.5 Å². The van der Waals surface area contributed by atoms with E-state index < -0.39 is 0 Å². The first-order valence-electron chi connectivity index (χ1n) is 8.32. The molecular weight excluding hydrogens is 352 g/mol. The van der Waals surface area contributed by atoms with Crippen molar-refractivity contribution in [3.8, 4) is 6.07 Å².